The molecule has 0 bridgehead atoms. The Labute approximate surface area is 132 Å². The van der Waals surface area contributed by atoms with Gasteiger partial charge in [0.2, 0.25) is 0 Å². The van der Waals surface area contributed by atoms with Gasteiger partial charge >= 0.3 is 0 Å². The van der Waals surface area contributed by atoms with E-state index >= 15 is 0 Å². The maximum atomic E-state index is 9.17. The number of hydrogen-bond donors (Lipinski definition) is 0. The van der Waals surface area contributed by atoms with Gasteiger partial charge in [-0.15, -0.1) is 0 Å². The van der Waals surface area contributed by atoms with Crippen LogP contribution in [0.4, 0.5) is 0 Å². The van der Waals surface area contributed by atoms with Crippen LogP contribution in [0.15, 0.2) is 42.7 Å². The fraction of sp³-hybridized carbons (Fsp3) is 0.444. The zero-order valence-electron chi connectivity index (χ0n) is 12.9. The zero-order chi connectivity index (χ0) is 15.2. The van der Waals surface area contributed by atoms with Crippen molar-refractivity contribution in [1.82, 2.24) is 14.7 Å². The molecule has 22 heavy (non-hydrogen) atoms. The molecular formula is C18H22N4. The van der Waals surface area contributed by atoms with E-state index in [1.165, 1.54) is 19.3 Å². The number of piperidine rings is 1. The summed E-state index contributed by atoms with van der Waals surface area (Å²) >= 11 is 0. The molecule has 4 nitrogen and oxygen atoms in total. The Morgan fingerprint density at radius 2 is 2.00 bits per heavy atom. The first-order valence-corrected chi connectivity index (χ1v) is 8.03. The molecule has 0 unspecified atom stereocenters. The summed E-state index contributed by atoms with van der Waals surface area (Å²) in [6, 6.07) is 12.2. The molecule has 1 saturated heterocycles. The molecule has 0 amide bonds. The van der Waals surface area contributed by atoms with E-state index in [-0.39, 0.29) is 0 Å². The highest BCUT2D eigenvalue weighted by atomic mass is 15.3. The summed E-state index contributed by atoms with van der Waals surface area (Å²) in [5.74, 6) is 0.798. The Kier molecular flexibility index (Phi) is 4.87. The van der Waals surface area contributed by atoms with Gasteiger partial charge in [-0.3, -0.25) is 9.58 Å². The number of aromatic nitrogens is 2. The molecule has 1 fully saturated rings. The molecule has 2 aromatic rings. The lowest BCUT2D eigenvalue weighted by Gasteiger charge is -2.32. The quantitative estimate of drug-likeness (QED) is 0.851. The number of rotatable bonds is 5. The van der Waals surface area contributed by atoms with Gasteiger partial charge in [0.15, 0.2) is 0 Å². The van der Waals surface area contributed by atoms with Gasteiger partial charge in [0.25, 0.3) is 0 Å². The largest absolute Gasteiger partial charge is 0.299 e. The molecule has 1 aromatic carbocycles. The first-order chi connectivity index (χ1) is 10.8. The summed E-state index contributed by atoms with van der Waals surface area (Å²) in [4.78, 5) is 2.47. The molecule has 3 rings (SSSR count). The maximum Gasteiger partial charge on any atom is 0.0995 e. The second kappa shape index (κ2) is 7.24. The van der Waals surface area contributed by atoms with Crippen molar-refractivity contribution in [3.63, 3.8) is 0 Å². The molecule has 0 aliphatic carbocycles. The van der Waals surface area contributed by atoms with Crippen molar-refractivity contribution in [2.45, 2.75) is 32.4 Å². The minimum atomic E-state index is 0.798. The monoisotopic (exact) mass is 294 g/mol. The summed E-state index contributed by atoms with van der Waals surface area (Å²) in [5.41, 5.74) is 1.96. The van der Waals surface area contributed by atoms with Gasteiger partial charge in [-0.05, 0) is 56.0 Å². The third-order valence-electron chi connectivity index (χ3n) is 4.56. The van der Waals surface area contributed by atoms with E-state index < -0.39 is 0 Å². The SMILES string of the molecule is N#Cc1ccccc1CN1CCC(CCn2cccn2)CC1. The molecule has 2 heterocycles. The summed E-state index contributed by atoms with van der Waals surface area (Å²) in [6.07, 6.45) is 7.58. The van der Waals surface area contributed by atoms with E-state index in [0.717, 1.165) is 43.2 Å². The molecule has 4 heteroatoms. The first-order valence-electron chi connectivity index (χ1n) is 8.03. The highest BCUT2D eigenvalue weighted by Gasteiger charge is 2.19. The van der Waals surface area contributed by atoms with E-state index in [1.54, 1.807) is 0 Å². The lowest BCUT2D eigenvalue weighted by molar-refractivity contribution is 0.168. The average molecular weight is 294 g/mol. The van der Waals surface area contributed by atoms with Crippen molar-refractivity contribution in [2.75, 3.05) is 13.1 Å². The molecule has 0 atom stereocenters. The van der Waals surface area contributed by atoms with E-state index in [2.05, 4.69) is 22.1 Å². The van der Waals surface area contributed by atoms with Gasteiger partial charge in [0, 0.05) is 25.5 Å². The van der Waals surface area contributed by atoms with E-state index in [4.69, 9.17) is 0 Å². The average Bonchev–Trinajstić information content (AvgIpc) is 3.08. The summed E-state index contributed by atoms with van der Waals surface area (Å²) < 4.78 is 2.02. The van der Waals surface area contributed by atoms with Crippen molar-refractivity contribution >= 4 is 0 Å². The minimum Gasteiger partial charge on any atom is -0.299 e. The second-order valence-electron chi connectivity index (χ2n) is 6.05. The van der Waals surface area contributed by atoms with Crippen LogP contribution in [0.3, 0.4) is 0 Å². The summed E-state index contributed by atoms with van der Waals surface area (Å²) in [5, 5.41) is 13.4. The van der Waals surface area contributed by atoms with Crippen molar-refractivity contribution < 1.29 is 0 Å². The van der Waals surface area contributed by atoms with Gasteiger partial charge in [-0.2, -0.15) is 10.4 Å². The Bertz CT molecular complexity index is 619. The molecule has 0 saturated carbocycles. The van der Waals surface area contributed by atoms with Crippen LogP contribution in [-0.2, 0) is 13.1 Å². The Morgan fingerprint density at radius 3 is 2.73 bits per heavy atom. The van der Waals surface area contributed by atoms with Crippen molar-refractivity contribution in [3.8, 4) is 6.07 Å². The topological polar surface area (TPSA) is 44.9 Å². The Balaban J connectivity index is 1.46. The number of likely N-dealkylation sites (tertiary alicyclic amines) is 1. The zero-order valence-corrected chi connectivity index (χ0v) is 12.9. The van der Waals surface area contributed by atoms with Crippen LogP contribution in [0.5, 0.6) is 0 Å². The van der Waals surface area contributed by atoms with Gasteiger partial charge < -0.3 is 0 Å². The van der Waals surface area contributed by atoms with Crippen molar-refractivity contribution in [1.29, 1.82) is 5.26 Å². The Hall–Kier alpha value is -2.12. The maximum absolute atomic E-state index is 9.17. The predicted molar refractivity (Wildman–Crippen MR) is 86.0 cm³/mol. The Morgan fingerprint density at radius 1 is 1.18 bits per heavy atom. The summed E-state index contributed by atoms with van der Waals surface area (Å²) in [7, 11) is 0. The molecule has 1 aromatic heterocycles. The number of aryl methyl sites for hydroxylation is 1. The van der Waals surface area contributed by atoms with Crippen LogP contribution in [0, 0.1) is 17.2 Å². The molecule has 0 spiro atoms. The van der Waals surface area contributed by atoms with Crippen LogP contribution in [0.2, 0.25) is 0 Å². The number of hydrogen-bond acceptors (Lipinski definition) is 3. The molecule has 1 aliphatic heterocycles. The minimum absolute atomic E-state index is 0.798. The van der Waals surface area contributed by atoms with E-state index in [9.17, 15) is 5.26 Å². The fourth-order valence-electron chi connectivity index (χ4n) is 3.19. The number of nitriles is 1. The first kappa shape index (κ1) is 14.8. The van der Waals surface area contributed by atoms with Gasteiger partial charge in [-0.25, -0.2) is 0 Å². The van der Waals surface area contributed by atoms with E-state index in [1.807, 2.05) is 41.3 Å². The third kappa shape index (κ3) is 3.75. The second-order valence-corrected chi connectivity index (χ2v) is 6.05. The lowest BCUT2D eigenvalue weighted by atomic mass is 9.93. The predicted octanol–water partition coefficient (Wildman–Crippen LogP) is 3.06. The molecule has 114 valence electrons. The molecule has 1 aliphatic rings. The van der Waals surface area contributed by atoms with Crippen LogP contribution in [-0.4, -0.2) is 27.8 Å². The van der Waals surface area contributed by atoms with Crippen LogP contribution in [0.25, 0.3) is 0 Å². The third-order valence-corrected chi connectivity index (χ3v) is 4.56. The summed E-state index contributed by atoms with van der Waals surface area (Å²) in [6.45, 7) is 4.18. The highest BCUT2D eigenvalue weighted by Crippen LogP contribution is 2.23. The number of nitrogens with zero attached hydrogens (tertiary/aromatic N) is 4. The van der Waals surface area contributed by atoms with Gasteiger partial charge in [0.05, 0.1) is 11.6 Å². The normalized spacial score (nSPS) is 16.5. The van der Waals surface area contributed by atoms with Crippen LogP contribution < -0.4 is 0 Å². The van der Waals surface area contributed by atoms with Crippen LogP contribution in [0.1, 0.15) is 30.4 Å². The van der Waals surface area contributed by atoms with Crippen molar-refractivity contribution in [2.24, 2.45) is 5.92 Å². The van der Waals surface area contributed by atoms with Crippen LogP contribution >= 0.6 is 0 Å². The van der Waals surface area contributed by atoms with E-state index in [0.29, 0.717) is 0 Å². The molecular weight excluding hydrogens is 272 g/mol. The smallest absolute Gasteiger partial charge is 0.0995 e. The standard InChI is InChI=1S/C18H22N4/c19-14-17-4-1-2-5-18(17)15-21-11-6-16(7-12-21)8-13-22-10-3-9-20-22/h1-5,9-10,16H,6-8,11-13,15H2. The highest BCUT2D eigenvalue weighted by molar-refractivity contribution is 5.37. The van der Waals surface area contributed by atoms with Gasteiger partial charge in [0.1, 0.15) is 0 Å². The molecule has 0 radical (unpaired) electrons. The molecule has 0 N–H and O–H groups in total. The lowest BCUT2D eigenvalue weighted by Crippen LogP contribution is -2.33. The fourth-order valence-corrected chi connectivity index (χ4v) is 3.19. The number of benzene rings is 1. The van der Waals surface area contributed by atoms with Gasteiger partial charge in [-0.1, -0.05) is 18.2 Å². The van der Waals surface area contributed by atoms with Crippen molar-refractivity contribution in [3.05, 3.63) is 53.9 Å².